The topological polar surface area (TPSA) is 12.0 Å². The first-order valence-corrected chi connectivity index (χ1v) is 7.32. The second-order valence-corrected chi connectivity index (χ2v) is 5.18. The van der Waals surface area contributed by atoms with E-state index in [1.54, 1.807) is 11.8 Å². The zero-order valence-corrected chi connectivity index (χ0v) is 11.6. The summed E-state index contributed by atoms with van der Waals surface area (Å²) in [6, 6.07) is 3.81. The van der Waals surface area contributed by atoms with Gasteiger partial charge in [0.25, 0.3) is 0 Å². The smallest absolute Gasteiger partial charge is 0.383 e. The van der Waals surface area contributed by atoms with Crippen LogP contribution in [0.1, 0.15) is 18.4 Å². The molecule has 0 bridgehead atoms. The number of anilines is 1. The van der Waals surface area contributed by atoms with Crippen LogP contribution in [0.25, 0.3) is 0 Å². The summed E-state index contributed by atoms with van der Waals surface area (Å²) in [6.45, 7) is 0.493. The Morgan fingerprint density at radius 2 is 2.00 bits per heavy atom. The highest BCUT2D eigenvalue weighted by molar-refractivity contribution is 7.98. The number of thioether (sulfide) groups is 1. The number of hydrogen-bond acceptors (Lipinski definition) is 2. The predicted molar refractivity (Wildman–Crippen MR) is 72.6 cm³/mol. The fourth-order valence-electron chi connectivity index (χ4n) is 1.52. The minimum atomic E-state index is -4.38. The summed E-state index contributed by atoms with van der Waals surface area (Å²) >= 11 is 7.53. The van der Waals surface area contributed by atoms with Crippen molar-refractivity contribution in [3.8, 4) is 0 Å². The Labute approximate surface area is 114 Å². The quantitative estimate of drug-likeness (QED) is 0.748. The standard InChI is InChI=1S/C12H15ClF3NS/c1-18-8-3-2-7-17-11-9(12(14,15)16)5-4-6-10(11)13/h4-6,17H,2-3,7-8H2,1H3. The summed E-state index contributed by atoms with van der Waals surface area (Å²) in [4.78, 5) is 0. The van der Waals surface area contributed by atoms with Crippen LogP contribution in [0.15, 0.2) is 18.2 Å². The number of halogens is 4. The minimum absolute atomic E-state index is 0.0178. The SMILES string of the molecule is CSCCCCNc1c(Cl)cccc1C(F)(F)F. The second-order valence-electron chi connectivity index (χ2n) is 3.79. The molecule has 0 unspecified atom stereocenters. The maximum absolute atomic E-state index is 12.8. The molecule has 0 amide bonds. The molecule has 1 aromatic rings. The molecule has 0 aromatic heterocycles. The van der Waals surface area contributed by atoms with Crippen LogP contribution in [-0.2, 0) is 6.18 Å². The highest BCUT2D eigenvalue weighted by atomic mass is 35.5. The minimum Gasteiger partial charge on any atom is -0.383 e. The molecule has 0 saturated carbocycles. The van der Waals surface area contributed by atoms with Gasteiger partial charge in [-0.25, -0.2) is 0 Å². The van der Waals surface area contributed by atoms with Gasteiger partial charge in [-0.05, 0) is 37.0 Å². The van der Waals surface area contributed by atoms with Crippen LogP contribution in [0.4, 0.5) is 18.9 Å². The van der Waals surface area contributed by atoms with Crippen LogP contribution in [0.2, 0.25) is 5.02 Å². The average molecular weight is 298 g/mol. The molecule has 1 N–H and O–H groups in total. The van der Waals surface area contributed by atoms with E-state index < -0.39 is 11.7 Å². The van der Waals surface area contributed by atoms with Gasteiger partial charge in [0.1, 0.15) is 0 Å². The molecule has 0 fully saturated rings. The van der Waals surface area contributed by atoms with Gasteiger partial charge in [-0.1, -0.05) is 17.7 Å². The molecule has 0 atom stereocenters. The molecule has 102 valence electrons. The molecular weight excluding hydrogens is 283 g/mol. The average Bonchev–Trinajstić information content (AvgIpc) is 2.29. The lowest BCUT2D eigenvalue weighted by Crippen LogP contribution is -2.12. The van der Waals surface area contributed by atoms with Crippen molar-refractivity contribution in [2.45, 2.75) is 19.0 Å². The Balaban J connectivity index is 2.69. The van der Waals surface area contributed by atoms with Crippen molar-refractivity contribution in [2.24, 2.45) is 0 Å². The van der Waals surface area contributed by atoms with E-state index in [2.05, 4.69) is 5.32 Å². The normalized spacial score (nSPS) is 11.6. The molecule has 6 heteroatoms. The van der Waals surface area contributed by atoms with Crippen LogP contribution in [-0.4, -0.2) is 18.6 Å². The molecular formula is C12H15ClF3NS. The summed E-state index contributed by atoms with van der Waals surface area (Å²) in [5.74, 6) is 1.01. The predicted octanol–water partition coefficient (Wildman–Crippen LogP) is 4.91. The maximum Gasteiger partial charge on any atom is 0.418 e. The molecule has 0 spiro atoms. The lowest BCUT2D eigenvalue weighted by Gasteiger charge is -2.15. The lowest BCUT2D eigenvalue weighted by molar-refractivity contribution is -0.136. The lowest BCUT2D eigenvalue weighted by atomic mass is 10.1. The Kier molecular flexibility index (Phi) is 6.15. The fourth-order valence-corrected chi connectivity index (χ4v) is 2.26. The van der Waals surface area contributed by atoms with Crippen molar-refractivity contribution in [1.29, 1.82) is 0 Å². The third-order valence-corrected chi connectivity index (χ3v) is 3.41. The van der Waals surface area contributed by atoms with Crippen LogP contribution >= 0.6 is 23.4 Å². The first-order chi connectivity index (χ1) is 8.46. The third-order valence-electron chi connectivity index (χ3n) is 2.40. The van der Waals surface area contributed by atoms with Crippen molar-refractivity contribution >= 4 is 29.1 Å². The van der Waals surface area contributed by atoms with Crippen LogP contribution in [0.5, 0.6) is 0 Å². The monoisotopic (exact) mass is 297 g/mol. The van der Waals surface area contributed by atoms with E-state index >= 15 is 0 Å². The van der Waals surface area contributed by atoms with Crippen molar-refractivity contribution in [3.63, 3.8) is 0 Å². The van der Waals surface area contributed by atoms with Crippen molar-refractivity contribution < 1.29 is 13.2 Å². The highest BCUT2D eigenvalue weighted by Gasteiger charge is 2.34. The van der Waals surface area contributed by atoms with Crippen LogP contribution in [0.3, 0.4) is 0 Å². The van der Waals surface area contributed by atoms with Crippen LogP contribution < -0.4 is 5.32 Å². The molecule has 0 heterocycles. The number of rotatable bonds is 6. The summed E-state index contributed by atoms with van der Waals surface area (Å²) in [5.41, 5.74) is -0.726. The van der Waals surface area contributed by atoms with E-state index in [1.165, 1.54) is 12.1 Å². The van der Waals surface area contributed by atoms with Gasteiger partial charge in [0.2, 0.25) is 0 Å². The van der Waals surface area contributed by atoms with Gasteiger partial charge in [0, 0.05) is 6.54 Å². The highest BCUT2D eigenvalue weighted by Crippen LogP contribution is 2.38. The molecule has 1 nitrogen and oxygen atoms in total. The van der Waals surface area contributed by atoms with Crippen molar-refractivity contribution in [2.75, 3.05) is 23.9 Å². The van der Waals surface area contributed by atoms with E-state index in [0.717, 1.165) is 24.7 Å². The van der Waals surface area contributed by atoms with Gasteiger partial charge in [0.15, 0.2) is 0 Å². The summed E-state index contributed by atoms with van der Waals surface area (Å²) in [6.07, 6.45) is -0.584. The van der Waals surface area contributed by atoms with E-state index in [9.17, 15) is 13.2 Å². The zero-order valence-electron chi connectivity index (χ0n) is 9.98. The molecule has 18 heavy (non-hydrogen) atoms. The Bertz CT molecular complexity index is 382. The number of unbranched alkanes of at least 4 members (excludes halogenated alkanes) is 1. The number of nitrogens with one attached hydrogen (secondary N) is 1. The molecule has 1 rings (SSSR count). The Morgan fingerprint density at radius 1 is 1.28 bits per heavy atom. The van der Waals surface area contributed by atoms with Crippen LogP contribution in [0, 0.1) is 0 Å². The summed E-state index contributed by atoms with van der Waals surface area (Å²) in [7, 11) is 0. The Hall–Kier alpha value is -0.550. The number of alkyl halides is 3. The fraction of sp³-hybridized carbons (Fsp3) is 0.500. The van der Waals surface area contributed by atoms with Gasteiger partial charge in [-0.3, -0.25) is 0 Å². The molecule has 0 aliphatic heterocycles. The largest absolute Gasteiger partial charge is 0.418 e. The van der Waals surface area contributed by atoms with Gasteiger partial charge >= 0.3 is 6.18 Å². The summed E-state index contributed by atoms with van der Waals surface area (Å²) < 4.78 is 38.3. The van der Waals surface area contributed by atoms with E-state index in [4.69, 9.17) is 11.6 Å². The van der Waals surface area contributed by atoms with Gasteiger partial charge in [-0.2, -0.15) is 24.9 Å². The molecule has 0 aliphatic rings. The van der Waals surface area contributed by atoms with E-state index in [0.29, 0.717) is 6.54 Å². The molecule has 0 radical (unpaired) electrons. The molecule has 0 saturated heterocycles. The maximum atomic E-state index is 12.8. The van der Waals surface area contributed by atoms with Crippen molar-refractivity contribution in [3.05, 3.63) is 28.8 Å². The Morgan fingerprint density at radius 3 is 2.61 bits per heavy atom. The van der Waals surface area contributed by atoms with Crippen molar-refractivity contribution in [1.82, 2.24) is 0 Å². The number of para-hydroxylation sites is 1. The molecule has 0 aliphatic carbocycles. The first-order valence-electron chi connectivity index (χ1n) is 5.55. The number of benzene rings is 1. The van der Waals surface area contributed by atoms with Gasteiger partial charge < -0.3 is 5.32 Å². The first kappa shape index (κ1) is 15.5. The van der Waals surface area contributed by atoms with E-state index in [1.807, 2.05) is 6.26 Å². The summed E-state index contributed by atoms with van der Waals surface area (Å²) in [5, 5.41) is 2.89. The van der Waals surface area contributed by atoms with E-state index in [-0.39, 0.29) is 10.7 Å². The molecule has 1 aromatic carbocycles. The zero-order chi connectivity index (χ0) is 13.6. The second kappa shape index (κ2) is 7.14. The van der Waals surface area contributed by atoms with Gasteiger partial charge in [0.05, 0.1) is 16.3 Å². The number of hydrogen-bond donors (Lipinski definition) is 1. The third kappa shape index (κ3) is 4.61. The van der Waals surface area contributed by atoms with Gasteiger partial charge in [-0.15, -0.1) is 0 Å².